The van der Waals surface area contributed by atoms with Crippen LogP contribution in [0.1, 0.15) is 57.5 Å². The van der Waals surface area contributed by atoms with Crippen LogP contribution in [0.4, 0.5) is 4.79 Å². The molecule has 6 nitrogen and oxygen atoms in total. The average Bonchev–Trinajstić information content (AvgIpc) is 3.11. The van der Waals surface area contributed by atoms with Crippen molar-refractivity contribution in [2.75, 3.05) is 6.61 Å². The van der Waals surface area contributed by atoms with Crippen LogP contribution in [0.2, 0.25) is 0 Å². The fourth-order valence-electron chi connectivity index (χ4n) is 4.70. The highest BCUT2D eigenvalue weighted by Gasteiger charge is 2.30. The highest BCUT2D eigenvalue weighted by Crippen LogP contribution is 2.44. The van der Waals surface area contributed by atoms with E-state index in [1.165, 1.54) is 17.3 Å². The van der Waals surface area contributed by atoms with Crippen LogP contribution in [0.3, 0.4) is 0 Å². The number of rotatable bonds is 4. The molecule has 1 heterocycles. The summed E-state index contributed by atoms with van der Waals surface area (Å²) >= 11 is 0. The average molecular weight is 414 g/mol. The smallest absolute Gasteiger partial charge is 0.407 e. The lowest BCUT2D eigenvalue weighted by Gasteiger charge is -2.26. The van der Waals surface area contributed by atoms with Gasteiger partial charge < -0.3 is 15.2 Å². The quantitative estimate of drug-likeness (QED) is 0.646. The van der Waals surface area contributed by atoms with E-state index >= 15 is 0 Å². The first-order valence-electron chi connectivity index (χ1n) is 10.5. The van der Waals surface area contributed by atoms with E-state index in [0.717, 1.165) is 41.6 Å². The van der Waals surface area contributed by atoms with E-state index in [0.29, 0.717) is 0 Å². The van der Waals surface area contributed by atoms with Crippen LogP contribution in [-0.4, -0.2) is 28.8 Å². The van der Waals surface area contributed by atoms with E-state index in [4.69, 9.17) is 4.74 Å². The molecule has 156 valence electrons. The molecule has 2 aliphatic carbocycles. The Balaban J connectivity index is 1.31. The second-order valence-corrected chi connectivity index (χ2v) is 7.98. The van der Waals surface area contributed by atoms with E-state index in [9.17, 15) is 14.7 Å². The lowest BCUT2D eigenvalue weighted by Crippen LogP contribution is -2.32. The van der Waals surface area contributed by atoms with Gasteiger partial charge in [0.2, 0.25) is 0 Å². The van der Waals surface area contributed by atoms with Crippen LogP contribution in [-0.2, 0) is 11.2 Å². The Bertz CT molecular complexity index is 1130. The number of ether oxygens (including phenoxy) is 1. The Morgan fingerprint density at radius 2 is 1.71 bits per heavy atom. The number of hydrogen-bond donors (Lipinski definition) is 2. The molecule has 0 saturated carbocycles. The van der Waals surface area contributed by atoms with E-state index < -0.39 is 12.1 Å². The van der Waals surface area contributed by atoms with Crippen LogP contribution in [0.15, 0.2) is 60.8 Å². The minimum Gasteiger partial charge on any atom is -0.478 e. The number of alkyl carbamates (subject to hydrolysis) is 1. The fourth-order valence-corrected chi connectivity index (χ4v) is 4.70. The van der Waals surface area contributed by atoms with Gasteiger partial charge >= 0.3 is 12.1 Å². The van der Waals surface area contributed by atoms with E-state index in [2.05, 4.69) is 34.6 Å². The molecule has 5 rings (SSSR count). The van der Waals surface area contributed by atoms with E-state index in [-0.39, 0.29) is 24.1 Å². The number of aryl methyl sites for hydroxylation is 1. The SMILES string of the molecule is O=C(NC1CCCc2ncc(C(=O)O)cc21)OCC1c2ccccc2-c2ccccc21. The number of nitrogens with one attached hydrogen (secondary N) is 1. The maximum atomic E-state index is 12.7. The summed E-state index contributed by atoms with van der Waals surface area (Å²) in [4.78, 5) is 28.2. The number of carbonyl (C=O) groups is 2. The molecule has 2 N–H and O–H groups in total. The first-order chi connectivity index (χ1) is 15.1. The normalized spacial score (nSPS) is 16.7. The molecule has 1 amide bonds. The molecule has 0 saturated heterocycles. The van der Waals surface area contributed by atoms with Crippen molar-refractivity contribution in [2.45, 2.75) is 31.2 Å². The first-order valence-corrected chi connectivity index (χ1v) is 10.5. The highest BCUT2D eigenvalue weighted by molar-refractivity contribution is 5.87. The summed E-state index contributed by atoms with van der Waals surface area (Å²) in [7, 11) is 0. The van der Waals surface area contributed by atoms with Gasteiger partial charge in [-0.1, -0.05) is 48.5 Å². The third-order valence-corrected chi connectivity index (χ3v) is 6.17. The van der Waals surface area contributed by atoms with Crippen molar-refractivity contribution in [3.8, 4) is 11.1 Å². The van der Waals surface area contributed by atoms with Crippen LogP contribution in [0.25, 0.3) is 11.1 Å². The molecule has 1 unspecified atom stereocenters. The summed E-state index contributed by atoms with van der Waals surface area (Å²) in [6.07, 6.45) is 3.25. The Labute approximate surface area is 179 Å². The van der Waals surface area contributed by atoms with Crippen LogP contribution in [0.5, 0.6) is 0 Å². The third kappa shape index (κ3) is 3.54. The summed E-state index contributed by atoms with van der Waals surface area (Å²) < 4.78 is 5.65. The lowest BCUT2D eigenvalue weighted by molar-refractivity contribution is 0.0696. The Morgan fingerprint density at radius 1 is 1.03 bits per heavy atom. The number of carbonyl (C=O) groups excluding carboxylic acids is 1. The number of nitrogens with zero attached hydrogens (tertiary/aromatic N) is 1. The van der Waals surface area contributed by atoms with E-state index in [1.54, 1.807) is 6.07 Å². The third-order valence-electron chi connectivity index (χ3n) is 6.17. The predicted octanol–water partition coefficient (Wildman–Crippen LogP) is 4.70. The van der Waals surface area contributed by atoms with Crippen molar-refractivity contribution >= 4 is 12.1 Å². The fraction of sp³-hybridized carbons (Fsp3) is 0.240. The topological polar surface area (TPSA) is 88.5 Å². The van der Waals surface area contributed by atoms with Crippen molar-refractivity contribution in [1.82, 2.24) is 10.3 Å². The summed E-state index contributed by atoms with van der Waals surface area (Å²) in [6, 6.07) is 17.7. The van der Waals surface area contributed by atoms with Gasteiger partial charge in [0.05, 0.1) is 11.6 Å². The molecule has 31 heavy (non-hydrogen) atoms. The van der Waals surface area contributed by atoms with Gasteiger partial charge in [0.1, 0.15) is 6.61 Å². The van der Waals surface area contributed by atoms with Crippen molar-refractivity contribution in [2.24, 2.45) is 0 Å². The van der Waals surface area contributed by atoms with Gasteiger partial charge in [-0.3, -0.25) is 4.98 Å². The zero-order chi connectivity index (χ0) is 21.4. The minimum atomic E-state index is -1.03. The van der Waals surface area contributed by atoms with Crippen molar-refractivity contribution in [3.05, 3.63) is 88.7 Å². The second kappa shape index (κ2) is 7.87. The van der Waals surface area contributed by atoms with Crippen molar-refractivity contribution < 1.29 is 19.4 Å². The van der Waals surface area contributed by atoms with Gasteiger partial charge in [-0.15, -0.1) is 0 Å². The molecule has 1 atom stereocenters. The molecule has 0 radical (unpaired) electrons. The van der Waals surface area contributed by atoms with E-state index in [1.807, 2.05) is 24.3 Å². The van der Waals surface area contributed by atoms with Gasteiger partial charge in [-0.25, -0.2) is 9.59 Å². The summed E-state index contributed by atoms with van der Waals surface area (Å²) in [6.45, 7) is 0.243. The molecule has 1 aromatic heterocycles. The predicted molar refractivity (Wildman–Crippen MR) is 115 cm³/mol. The molecule has 3 aromatic rings. The molecule has 2 aromatic carbocycles. The standard InChI is InChI=1S/C25H22N2O4/c28-24(29)15-12-20-22(26-13-15)10-5-11-23(20)27-25(30)31-14-21-18-8-3-1-6-16(18)17-7-2-4-9-19(17)21/h1-4,6-9,12-13,21,23H,5,10-11,14H2,(H,27,30)(H,28,29). The van der Waals surface area contributed by atoms with Gasteiger partial charge in [-0.05, 0) is 53.1 Å². The van der Waals surface area contributed by atoms with Gasteiger partial charge in [0.25, 0.3) is 0 Å². The van der Waals surface area contributed by atoms with Gasteiger partial charge in [-0.2, -0.15) is 0 Å². The number of hydrogen-bond acceptors (Lipinski definition) is 4. The largest absolute Gasteiger partial charge is 0.478 e. The molecule has 0 spiro atoms. The zero-order valence-electron chi connectivity index (χ0n) is 16.9. The summed E-state index contributed by atoms with van der Waals surface area (Å²) in [5.74, 6) is -1.03. The Hall–Kier alpha value is -3.67. The minimum absolute atomic E-state index is 0.00271. The Kier molecular flexibility index (Phi) is 4.90. The molecule has 6 heteroatoms. The number of carboxylic acids is 1. The van der Waals surface area contributed by atoms with Crippen LogP contribution in [0, 0.1) is 0 Å². The highest BCUT2D eigenvalue weighted by atomic mass is 16.5. The number of fused-ring (bicyclic) bond motifs is 4. The zero-order valence-corrected chi connectivity index (χ0v) is 16.9. The second-order valence-electron chi connectivity index (χ2n) is 7.98. The monoisotopic (exact) mass is 414 g/mol. The maximum absolute atomic E-state index is 12.7. The number of amides is 1. The van der Waals surface area contributed by atoms with Gasteiger partial charge in [0.15, 0.2) is 0 Å². The molecular formula is C25H22N2O4. The lowest BCUT2D eigenvalue weighted by atomic mass is 9.90. The molecule has 0 aliphatic heterocycles. The molecule has 0 fully saturated rings. The number of benzene rings is 2. The number of pyridine rings is 1. The maximum Gasteiger partial charge on any atom is 0.407 e. The summed E-state index contributed by atoms with van der Waals surface area (Å²) in [5.41, 5.74) is 6.41. The first kappa shape index (κ1) is 19.3. The van der Waals surface area contributed by atoms with Gasteiger partial charge in [0, 0.05) is 17.8 Å². The molecule has 0 bridgehead atoms. The number of carboxylic acid groups (broad SMARTS) is 1. The summed E-state index contributed by atoms with van der Waals surface area (Å²) in [5, 5.41) is 12.2. The van der Waals surface area contributed by atoms with Crippen molar-refractivity contribution in [1.29, 1.82) is 0 Å². The van der Waals surface area contributed by atoms with Crippen LogP contribution < -0.4 is 5.32 Å². The molecule has 2 aliphatic rings. The number of aromatic nitrogens is 1. The van der Waals surface area contributed by atoms with Crippen molar-refractivity contribution in [3.63, 3.8) is 0 Å². The molecular weight excluding hydrogens is 392 g/mol. The number of aromatic carboxylic acids is 1. The van der Waals surface area contributed by atoms with Crippen LogP contribution >= 0.6 is 0 Å². The Morgan fingerprint density at radius 3 is 2.39 bits per heavy atom.